The molecule has 5 nitrogen and oxygen atoms in total. The van der Waals surface area contributed by atoms with Crippen LogP contribution in [0.15, 0.2) is 28.6 Å². The van der Waals surface area contributed by atoms with Crippen LogP contribution in [-0.4, -0.2) is 30.6 Å². The Morgan fingerprint density at radius 1 is 1.23 bits per heavy atom. The number of guanidine groups is 1. The Labute approximate surface area is 160 Å². The van der Waals surface area contributed by atoms with Crippen molar-refractivity contribution in [1.29, 1.82) is 0 Å². The van der Waals surface area contributed by atoms with E-state index in [1.54, 1.807) is 11.3 Å². The molecule has 0 aliphatic rings. The van der Waals surface area contributed by atoms with Crippen molar-refractivity contribution in [2.75, 3.05) is 19.7 Å². The Hall–Kier alpha value is -2.08. The van der Waals surface area contributed by atoms with Gasteiger partial charge in [-0.1, -0.05) is 19.1 Å². The summed E-state index contributed by atoms with van der Waals surface area (Å²) in [5.41, 5.74) is 3.44. The molecule has 2 aromatic rings. The molecule has 0 radical (unpaired) electrons. The molecule has 1 aromatic carbocycles. The van der Waals surface area contributed by atoms with Gasteiger partial charge in [0.15, 0.2) is 5.96 Å². The van der Waals surface area contributed by atoms with Crippen LogP contribution in [0, 0.1) is 6.92 Å². The van der Waals surface area contributed by atoms with Gasteiger partial charge in [0.05, 0.1) is 23.9 Å². The lowest BCUT2D eigenvalue weighted by molar-refractivity contribution is 0.336. The highest BCUT2D eigenvalue weighted by Crippen LogP contribution is 2.21. The van der Waals surface area contributed by atoms with E-state index < -0.39 is 0 Å². The minimum Gasteiger partial charge on any atom is -0.494 e. The van der Waals surface area contributed by atoms with E-state index >= 15 is 0 Å². The van der Waals surface area contributed by atoms with Gasteiger partial charge in [0.1, 0.15) is 5.75 Å². The van der Waals surface area contributed by atoms with Crippen molar-refractivity contribution in [3.8, 4) is 5.75 Å². The van der Waals surface area contributed by atoms with Crippen LogP contribution in [0.5, 0.6) is 5.75 Å². The molecule has 0 saturated heterocycles. The number of hydrogen-bond acceptors (Lipinski definition) is 4. The quantitative estimate of drug-likeness (QED) is 0.519. The number of hydrogen-bond donors (Lipinski definition) is 2. The number of aliphatic imine (C=N–C) groups is 1. The minimum atomic E-state index is 0.585. The second-order valence-electron chi connectivity index (χ2n) is 6.00. The van der Waals surface area contributed by atoms with Gasteiger partial charge in [-0.3, -0.25) is 0 Å². The highest BCUT2D eigenvalue weighted by atomic mass is 32.1. The third-order valence-corrected chi connectivity index (χ3v) is 4.89. The summed E-state index contributed by atoms with van der Waals surface area (Å²) >= 11 is 1.73. The lowest BCUT2D eigenvalue weighted by Crippen LogP contribution is -2.38. The summed E-state index contributed by atoms with van der Waals surface area (Å²) in [6.07, 6.45) is 1.90. The molecular formula is C20H30N4OS. The van der Waals surface area contributed by atoms with Gasteiger partial charge >= 0.3 is 0 Å². The van der Waals surface area contributed by atoms with Gasteiger partial charge in [-0.2, -0.15) is 0 Å². The highest BCUT2D eigenvalue weighted by molar-refractivity contribution is 7.09. The first-order valence-electron chi connectivity index (χ1n) is 9.34. The van der Waals surface area contributed by atoms with Crippen LogP contribution in [0.4, 0.5) is 0 Å². The van der Waals surface area contributed by atoms with Crippen LogP contribution in [0.3, 0.4) is 0 Å². The van der Waals surface area contributed by atoms with Gasteiger partial charge in [-0.25, -0.2) is 9.98 Å². The van der Waals surface area contributed by atoms with Crippen molar-refractivity contribution in [3.63, 3.8) is 0 Å². The van der Waals surface area contributed by atoms with E-state index in [4.69, 9.17) is 9.73 Å². The monoisotopic (exact) mass is 374 g/mol. The molecule has 0 fully saturated rings. The van der Waals surface area contributed by atoms with Crippen molar-refractivity contribution in [2.24, 2.45) is 4.99 Å². The molecule has 0 saturated carbocycles. The number of aryl methyl sites for hydroxylation is 2. The smallest absolute Gasteiger partial charge is 0.191 e. The Morgan fingerprint density at radius 3 is 2.77 bits per heavy atom. The van der Waals surface area contributed by atoms with Gasteiger partial charge in [-0.05, 0) is 38.8 Å². The van der Waals surface area contributed by atoms with E-state index in [9.17, 15) is 0 Å². The Kier molecular flexibility index (Phi) is 8.41. The summed E-state index contributed by atoms with van der Waals surface area (Å²) in [5, 5.41) is 10.0. The fraction of sp³-hybridized carbons (Fsp3) is 0.500. The van der Waals surface area contributed by atoms with Gasteiger partial charge in [0, 0.05) is 30.5 Å². The molecule has 0 unspecified atom stereocenters. The van der Waals surface area contributed by atoms with E-state index in [0.717, 1.165) is 48.9 Å². The van der Waals surface area contributed by atoms with Crippen LogP contribution in [0.2, 0.25) is 0 Å². The molecule has 6 heteroatoms. The zero-order valence-corrected chi connectivity index (χ0v) is 17.1. The van der Waals surface area contributed by atoms with E-state index in [-0.39, 0.29) is 0 Å². The van der Waals surface area contributed by atoms with E-state index in [0.29, 0.717) is 13.2 Å². The molecule has 2 rings (SSSR count). The normalized spacial score (nSPS) is 11.5. The maximum Gasteiger partial charge on any atom is 0.191 e. The molecule has 1 heterocycles. The zero-order valence-electron chi connectivity index (χ0n) is 16.3. The van der Waals surface area contributed by atoms with E-state index in [2.05, 4.69) is 60.0 Å². The summed E-state index contributed by atoms with van der Waals surface area (Å²) in [5.74, 6) is 1.74. The van der Waals surface area contributed by atoms with Crippen LogP contribution in [-0.2, 0) is 19.4 Å². The fourth-order valence-corrected chi connectivity index (χ4v) is 3.30. The van der Waals surface area contributed by atoms with Crippen molar-refractivity contribution >= 4 is 17.3 Å². The molecule has 0 atom stereocenters. The largest absolute Gasteiger partial charge is 0.494 e. The average Bonchev–Trinajstić information content (AvgIpc) is 3.09. The lowest BCUT2D eigenvalue weighted by atomic mass is 10.1. The topological polar surface area (TPSA) is 58.5 Å². The maximum atomic E-state index is 5.74. The van der Waals surface area contributed by atoms with Gasteiger partial charge in [0.2, 0.25) is 0 Å². The summed E-state index contributed by atoms with van der Waals surface area (Å²) in [6.45, 7) is 11.2. The average molecular weight is 375 g/mol. The van der Waals surface area contributed by atoms with Gasteiger partial charge in [0.25, 0.3) is 0 Å². The summed E-state index contributed by atoms with van der Waals surface area (Å²) in [7, 11) is 0. The van der Waals surface area contributed by atoms with Crippen LogP contribution < -0.4 is 15.4 Å². The molecule has 0 amide bonds. The first kappa shape index (κ1) is 20.2. The maximum absolute atomic E-state index is 5.74. The van der Waals surface area contributed by atoms with Crippen LogP contribution in [0.25, 0.3) is 0 Å². The first-order valence-corrected chi connectivity index (χ1v) is 10.2. The molecule has 0 spiro atoms. The fourth-order valence-electron chi connectivity index (χ4n) is 2.52. The Balaban J connectivity index is 1.95. The third kappa shape index (κ3) is 6.33. The SMILES string of the molecule is CCNC(=NCc1ccc(C)cc1OCC)NCCc1csc(CC)n1. The molecule has 2 N–H and O–H groups in total. The summed E-state index contributed by atoms with van der Waals surface area (Å²) in [4.78, 5) is 9.31. The van der Waals surface area contributed by atoms with Crippen molar-refractivity contribution in [3.05, 3.63) is 45.4 Å². The van der Waals surface area contributed by atoms with E-state index in [1.165, 1.54) is 10.6 Å². The second-order valence-corrected chi connectivity index (χ2v) is 6.94. The molecule has 0 aliphatic carbocycles. The van der Waals surface area contributed by atoms with Crippen molar-refractivity contribution in [1.82, 2.24) is 15.6 Å². The van der Waals surface area contributed by atoms with Gasteiger partial charge in [-0.15, -0.1) is 11.3 Å². The number of aromatic nitrogens is 1. The second kappa shape index (κ2) is 10.8. The summed E-state index contributed by atoms with van der Waals surface area (Å²) < 4.78 is 5.74. The third-order valence-electron chi connectivity index (χ3n) is 3.85. The number of nitrogens with one attached hydrogen (secondary N) is 2. The number of ether oxygens (including phenoxy) is 1. The highest BCUT2D eigenvalue weighted by Gasteiger charge is 2.05. The predicted octanol–water partition coefficient (Wildman–Crippen LogP) is 3.71. The first-order chi connectivity index (χ1) is 12.7. The van der Waals surface area contributed by atoms with Gasteiger partial charge < -0.3 is 15.4 Å². The minimum absolute atomic E-state index is 0.585. The number of rotatable bonds is 9. The molecule has 0 aliphatic heterocycles. The molecule has 26 heavy (non-hydrogen) atoms. The standard InChI is InChI=1S/C20H30N4OS/c1-5-19-24-17(14-26-19)10-11-22-20(21-6-2)23-13-16-9-8-15(4)12-18(16)25-7-3/h8-9,12,14H,5-7,10-11,13H2,1-4H3,(H2,21,22,23). The van der Waals surface area contributed by atoms with Crippen molar-refractivity contribution in [2.45, 2.75) is 47.1 Å². The predicted molar refractivity (Wildman–Crippen MR) is 110 cm³/mol. The Bertz CT molecular complexity index is 712. The number of nitrogens with zero attached hydrogens (tertiary/aromatic N) is 2. The lowest BCUT2D eigenvalue weighted by Gasteiger charge is -2.13. The van der Waals surface area contributed by atoms with Crippen molar-refractivity contribution < 1.29 is 4.74 Å². The molecule has 1 aromatic heterocycles. The number of benzene rings is 1. The molecule has 142 valence electrons. The van der Waals surface area contributed by atoms with E-state index in [1.807, 2.05) is 6.92 Å². The molecular weight excluding hydrogens is 344 g/mol. The van der Waals surface area contributed by atoms with Crippen LogP contribution >= 0.6 is 11.3 Å². The summed E-state index contributed by atoms with van der Waals surface area (Å²) in [6, 6.07) is 6.26. The molecule has 0 bridgehead atoms. The Morgan fingerprint density at radius 2 is 2.08 bits per heavy atom. The van der Waals surface area contributed by atoms with Crippen LogP contribution in [0.1, 0.15) is 42.6 Å². The zero-order chi connectivity index (χ0) is 18.8. The number of thiazole rings is 1.